The first kappa shape index (κ1) is 21.4. The summed E-state index contributed by atoms with van der Waals surface area (Å²) in [7, 11) is -3.30. The molecular formula is C22H20FNO5S. The molecule has 0 spiro atoms. The van der Waals surface area contributed by atoms with Crippen molar-refractivity contribution in [1.82, 2.24) is 5.32 Å². The topological polar surface area (TPSA) is 101 Å². The van der Waals surface area contributed by atoms with Crippen molar-refractivity contribution in [2.75, 3.05) is 12.8 Å². The summed E-state index contributed by atoms with van der Waals surface area (Å²) in [6, 6.07) is 10.7. The Balaban J connectivity index is 2.00. The smallest absolute Gasteiger partial charge is 0.322 e. The summed E-state index contributed by atoms with van der Waals surface area (Å²) in [6.45, 7) is 1.32. The minimum absolute atomic E-state index is 0.0834. The average Bonchev–Trinajstić information content (AvgIpc) is 2.91. The Labute approximate surface area is 173 Å². The van der Waals surface area contributed by atoms with Gasteiger partial charge in [-0.25, -0.2) is 12.8 Å². The number of rotatable bonds is 6. The van der Waals surface area contributed by atoms with Crippen molar-refractivity contribution in [3.63, 3.8) is 0 Å². The van der Waals surface area contributed by atoms with Crippen LogP contribution in [-0.2, 0) is 19.4 Å². The first-order valence-corrected chi connectivity index (χ1v) is 11.0. The Morgan fingerprint density at radius 1 is 1.10 bits per heavy atom. The molecule has 0 aromatic heterocycles. The zero-order valence-corrected chi connectivity index (χ0v) is 17.2. The van der Waals surface area contributed by atoms with Crippen LogP contribution in [0.2, 0.25) is 0 Å². The number of benzene rings is 2. The van der Waals surface area contributed by atoms with Crippen molar-refractivity contribution >= 4 is 38.9 Å². The third kappa shape index (κ3) is 4.65. The second kappa shape index (κ2) is 8.23. The molecule has 0 unspecified atom stereocenters. The van der Waals surface area contributed by atoms with E-state index in [1.54, 1.807) is 18.2 Å². The van der Waals surface area contributed by atoms with Crippen molar-refractivity contribution in [2.45, 2.75) is 18.2 Å². The summed E-state index contributed by atoms with van der Waals surface area (Å²) in [6.07, 6.45) is 2.90. The maximum atomic E-state index is 13.9. The predicted octanol–water partition coefficient (Wildman–Crippen LogP) is 3.15. The second-order valence-corrected chi connectivity index (χ2v) is 9.06. The van der Waals surface area contributed by atoms with Gasteiger partial charge in [-0.2, -0.15) is 0 Å². The van der Waals surface area contributed by atoms with E-state index in [0.717, 1.165) is 28.5 Å². The molecule has 0 heterocycles. The number of aliphatic carboxylic acids is 1. The number of allylic oxidation sites excluding steroid dienone is 2. The quantitative estimate of drug-likeness (QED) is 0.735. The first-order chi connectivity index (χ1) is 14.1. The van der Waals surface area contributed by atoms with Gasteiger partial charge in [0, 0.05) is 6.26 Å². The number of halogens is 1. The molecule has 2 aromatic carbocycles. The molecule has 1 aliphatic rings. The minimum Gasteiger partial charge on any atom is -0.480 e. The molecule has 0 fully saturated rings. The van der Waals surface area contributed by atoms with E-state index >= 15 is 0 Å². The number of sulfone groups is 1. The molecule has 0 saturated heterocycles. The van der Waals surface area contributed by atoms with Gasteiger partial charge in [-0.3, -0.25) is 9.59 Å². The molecule has 2 N–H and O–H groups in total. The molecule has 0 atom stereocenters. The van der Waals surface area contributed by atoms with Crippen LogP contribution in [0, 0.1) is 5.82 Å². The van der Waals surface area contributed by atoms with Crippen LogP contribution in [0.3, 0.4) is 0 Å². The molecule has 0 aliphatic heterocycles. The van der Waals surface area contributed by atoms with Crippen LogP contribution in [0.1, 0.15) is 30.0 Å². The fraction of sp³-hybridized carbons (Fsp3) is 0.182. The first-order valence-electron chi connectivity index (χ1n) is 9.07. The largest absolute Gasteiger partial charge is 0.480 e. The Hall–Kier alpha value is -3.26. The zero-order valence-electron chi connectivity index (χ0n) is 16.4. The fourth-order valence-electron chi connectivity index (χ4n) is 3.36. The van der Waals surface area contributed by atoms with E-state index in [9.17, 15) is 22.4 Å². The maximum Gasteiger partial charge on any atom is 0.322 e. The highest BCUT2D eigenvalue weighted by Crippen LogP contribution is 2.43. The molecule has 156 valence electrons. The summed E-state index contributed by atoms with van der Waals surface area (Å²) >= 11 is 0. The Morgan fingerprint density at radius 3 is 2.37 bits per heavy atom. The van der Waals surface area contributed by atoms with E-state index in [0.29, 0.717) is 11.1 Å². The molecule has 1 aliphatic carbocycles. The summed E-state index contributed by atoms with van der Waals surface area (Å²) < 4.78 is 37.2. The molecule has 30 heavy (non-hydrogen) atoms. The number of fused-ring (bicyclic) bond motifs is 1. The third-order valence-corrected chi connectivity index (χ3v) is 5.98. The maximum absolute atomic E-state index is 13.9. The van der Waals surface area contributed by atoms with E-state index in [1.807, 2.05) is 13.0 Å². The Kier molecular flexibility index (Phi) is 5.89. The van der Waals surface area contributed by atoms with Gasteiger partial charge in [-0.15, -0.1) is 0 Å². The van der Waals surface area contributed by atoms with Gasteiger partial charge in [-0.05, 0) is 70.7 Å². The number of nitrogens with one attached hydrogen (secondary N) is 1. The average molecular weight is 429 g/mol. The lowest BCUT2D eigenvalue weighted by atomic mass is 10.0. The van der Waals surface area contributed by atoms with E-state index < -0.39 is 34.1 Å². The van der Waals surface area contributed by atoms with Gasteiger partial charge < -0.3 is 10.4 Å². The number of hydrogen-bond donors (Lipinski definition) is 2. The molecule has 1 amide bonds. The van der Waals surface area contributed by atoms with Crippen LogP contribution in [0.4, 0.5) is 4.39 Å². The molecule has 0 bridgehead atoms. The van der Waals surface area contributed by atoms with Crippen molar-refractivity contribution in [3.8, 4) is 0 Å². The Morgan fingerprint density at radius 2 is 1.77 bits per heavy atom. The molecular weight excluding hydrogens is 409 g/mol. The van der Waals surface area contributed by atoms with E-state index in [4.69, 9.17) is 5.11 Å². The summed E-state index contributed by atoms with van der Waals surface area (Å²) in [5, 5.41) is 11.0. The van der Waals surface area contributed by atoms with Gasteiger partial charge in [-0.1, -0.05) is 18.2 Å². The number of carbonyl (C=O) groups excluding carboxylic acids is 1. The van der Waals surface area contributed by atoms with Crippen LogP contribution in [0.15, 0.2) is 52.9 Å². The standard InChI is InChI=1S/C22H20FNO5S/c1-13-18(9-14-3-6-16(7-4-14)30(2,28)29)17-8-5-15(23)10-20(17)19(13)11-21(25)24-12-22(26)27/h3-10H,11-12H2,1-2H3,(H,24,25)(H,26,27)/b18-9+. The lowest BCUT2D eigenvalue weighted by Crippen LogP contribution is -2.29. The van der Waals surface area contributed by atoms with Crippen LogP contribution in [-0.4, -0.2) is 38.2 Å². The van der Waals surface area contributed by atoms with Crippen LogP contribution in [0.25, 0.3) is 17.2 Å². The molecule has 0 saturated carbocycles. The summed E-state index contributed by atoms with van der Waals surface area (Å²) in [5.41, 5.74) is 4.26. The number of amides is 1. The highest BCUT2D eigenvalue weighted by molar-refractivity contribution is 7.90. The van der Waals surface area contributed by atoms with Gasteiger partial charge in [0.1, 0.15) is 12.4 Å². The van der Waals surface area contributed by atoms with Gasteiger partial charge in [0.05, 0.1) is 11.3 Å². The molecule has 6 nitrogen and oxygen atoms in total. The molecule has 2 aromatic rings. The number of carboxylic acid groups (broad SMARTS) is 1. The van der Waals surface area contributed by atoms with E-state index in [2.05, 4.69) is 5.32 Å². The number of carbonyl (C=O) groups is 2. The lowest BCUT2D eigenvalue weighted by molar-refractivity contribution is -0.137. The molecule has 0 radical (unpaired) electrons. The van der Waals surface area contributed by atoms with Crippen LogP contribution < -0.4 is 5.32 Å². The van der Waals surface area contributed by atoms with Crippen molar-refractivity contribution in [1.29, 1.82) is 0 Å². The highest BCUT2D eigenvalue weighted by Gasteiger charge is 2.26. The lowest BCUT2D eigenvalue weighted by Gasteiger charge is -2.07. The summed E-state index contributed by atoms with van der Waals surface area (Å²) in [4.78, 5) is 23.0. The minimum atomic E-state index is -3.30. The SMILES string of the molecule is CC1=C(CC(=O)NCC(=O)O)c2cc(F)ccc2/C1=C/c1ccc(S(C)(=O)=O)cc1. The Bertz CT molecular complexity index is 1190. The van der Waals surface area contributed by atoms with Crippen molar-refractivity contribution in [2.24, 2.45) is 0 Å². The summed E-state index contributed by atoms with van der Waals surface area (Å²) in [5.74, 6) is -2.06. The van der Waals surface area contributed by atoms with Crippen molar-refractivity contribution in [3.05, 3.63) is 70.5 Å². The monoisotopic (exact) mass is 429 g/mol. The van der Waals surface area contributed by atoms with Crippen LogP contribution >= 0.6 is 0 Å². The van der Waals surface area contributed by atoms with E-state index in [-0.39, 0.29) is 11.3 Å². The highest BCUT2D eigenvalue weighted by atomic mass is 32.2. The number of hydrogen-bond acceptors (Lipinski definition) is 4. The van der Waals surface area contributed by atoms with Gasteiger partial charge in [0.15, 0.2) is 9.84 Å². The fourth-order valence-corrected chi connectivity index (χ4v) is 3.99. The van der Waals surface area contributed by atoms with Crippen LogP contribution in [0.5, 0.6) is 0 Å². The predicted molar refractivity (Wildman–Crippen MR) is 112 cm³/mol. The molecule has 3 rings (SSSR count). The van der Waals surface area contributed by atoms with Gasteiger partial charge in [0.25, 0.3) is 0 Å². The molecule has 8 heteroatoms. The third-order valence-electron chi connectivity index (χ3n) is 4.85. The van der Waals surface area contributed by atoms with Gasteiger partial charge in [0.2, 0.25) is 5.91 Å². The number of carboxylic acids is 1. The van der Waals surface area contributed by atoms with Gasteiger partial charge >= 0.3 is 5.97 Å². The second-order valence-electron chi connectivity index (χ2n) is 7.04. The normalized spacial score (nSPS) is 14.7. The van der Waals surface area contributed by atoms with E-state index in [1.165, 1.54) is 24.3 Å². The zero-order chi connectivity index (χ0) is 22.1. The van der Waals surface area contributed by atoms with Crippen molar-refractivity contribution < 1.29 is 27.5 Å².